The van der Waals surface area contributed by atoms with Crippen LogP contribution in [0, 0.1) is 13.8 Å². The first kappa shape index (κ1) is 89.8. The van der Waals surface area contributed by atoms with Crippen LogP contribution in [0.3, 0.4) is 0 Å². The first-order valence-corrected chi connectivity index (χ1v) is 37.7. The zero-order valence-corrected chi connectivity index (χ0v) is 66.1. The normalized spacial score (nSPS) is 11.6. The van der Waals surface area contributed by atoms with Crippen LogP contribution in [0.25, 0.3) is 77.6 Å². The molecule has 0 saturated carbocycles. The van der Waals surface area contributed by atoms with Crippen LogP contribution in [0.2, 0.25) is 0 Å². The summed E-state index contributed by atoms with van der Waals surface area (Å²) in [6.07, 6.45) is 11.5. The Labute approximate surface area is 680 Å². The van der Waals surface area contributed by atoms with E-state index in [1.54, 1.807) is 114 Å². The van der Waals surface area contributed by atoms with Gasteiger partial charge in [0.2, 0.25) is 5.89 Å². The molecular weight excluding hydrogens is 1550 g/mol. The number of para-hydroxylation sites is 2. The fourth-order valence-electron chi connectivity index (χ4n) is 9.47. The maximum atomic E-state index is 12.4. The monoisotopic (exact) mass is 1640 g/mol. The Balaban J connectivity index is 0.000000175. The van der Waals surface area contributed by atoms with Gasteiger partial charge in [0.15, 0.2) is 17.2 Å². The molecule has 0 aliphatic heterocycles. The van der Waals surface area contributed by atoms with Crippen LogP contribution in [0.5, 0.6) is 34.5 Å². The summed E-state index contributed by atoms with van der Waals surface area (Å²) in [6, 6.07) is 53.8. The van der Waals surface area contributed by atoms with Crippen molar-refractivity contribution in [1.82, 2.24) is 54.7 Å². The van der Waals surface area contributed by atoms with Crippen molar-refractivity contribution in [3.63, 3.8) is 0 Å². The van der Waals surface area contributed by atoms with Crippen molar-refractivity contribution in [2.24, 2.45) is 48.5 Å². The molecule has 7 aromatic carbocycles. The van der Waals surface area contributed by atoms with Gasteiger partial charge in [0.05, 0.1) is 54.1 Å². The van der Waals surface area contributed by atoms with Gasteiger partial charge in [0.25, 0.3) is 0 Å². The quantitative estimate of drug-likeness (QED) is 0.0228. The number of aryl methyl sites for hydroxylation is 4. The summed E-state index contributed by atoms with van der Waals surface area (Å²) in [5.41, 5.74) is 43.7. The minimum atomic E-state index is 0.134. The van der Waals surface area contributed by atoms with Gasteiger partial charge < -0.3 is 67.2 Å². The molecule has 6 aromatic heterocycles. The third kappa shape index (κ3) is 29.8. The maximum Gasteiger partial charge on any atom is 0.227 e. The van der Waals surface area contributed by atoms with Crippen molar-refractivity contribution in [3.8, 4) is 101 Å². The van der Waals surface area contributed by atoms with E-state index in [0.717, 1.165) is 70.8 Å². The highest BCUT2D eigenvalue weighted by Crippen LogP contribution is 2.31. The van der Waals surface area contributed by atoms with Gasteiger partial charge in [-0.1, -0.05) is 12.1 Å². The van der Waals surface area contributed by atoms with Gasteiger partial charge in [0, 0.05) is 144 Å². The van der Waals surface area contributed by atoms with Gasteiger partial charge in [-0.2, -0.15) is 20.1 Å². The molecule has 117 heavy (non-hydrogen) atoms. The van der Waals surface area contributed by atoms with Gasteiger partial charge in [-0.15, -0.1) is 22.7 Å². The zero-order valence-electron chi connectivity index (χ0n) is 64.5. The van der Waals surface area contributed by atoms with Gasteiger partial charge in [0.1, 0.15) is 96.7 Å². The topological polar surface area (TPSA) is 351 Å². The number of ether oxygens (including phenoxy) is 6. The smallest absolute Gasteiger partial charge is 0.227 e. The van der Waals surface area contributed by atoms with Crippen LogP contribution >= 0.6 is 22.7 Å². The lowest BCUT2D eigenvalue weighted by Gasteiger charge is -2.07. The zero-order chi connectivity index (χ0) is 83.5. The lowest BCUT2D eigenvalue weighted by atomic mass is 10.2. The number of aromatic nitrogens is 11. The number of hydrogen-bond acceptors (Lipinski definition) is 24. The number of thiazole rings is 2. The Hall–Kier alpha value is -12.8. The molecule has 6 heterocycles. The summed E-state index contributed by atoms with van der Waals surface area (Å²) < 4.78 is 114. The molecule has 0 bridgehead atoms. The number of nitrogens with zero attached hydrogens (tertiary/aromatic N) is 11. The first-order valence-electron chi connectivity index (χ1n) is 36.0. The average Bonchev–Trinajstić information content (AvgIpc) is 1.67. The molecule has 0 aliphatic rings. The highest BCUT2D eigenvalue weighted by Gasteiger charge is 2.12. The highest BCUT2D eigenvalue weighted by molar-refractivity contribution is 7.15. The number of rotatable bonds is 30. The summed E-state index contributed by atoms with van der Waals surface area (Å²) in [5.74, 6) is 5.82. The van der Waals surface area contributed by atoms with E-state index in [2.05, 4.69) is 45.2 Å². The number of benzene rings is 7. The lowest BCUT2D eigenvalue weighted by Crippen LogP contribution is -2.10. The second kappa shape index (κ2) is 49.1. The minimum Gasteiger partial charge on any atom is -0.489 e. The van der Waals surface area contributed by atoms with E-state index in [4.69, 9.17) is 67.2 Å². The van der Waals surface area contributed by atoms with Crippen molar-refractivity contribution in [3.05, 3.63) is 295 Å². The number of halogens is 6. The van der Waals surface area contributed by atoms with Crippen molar-refractivity contribution < 1.29 is 59.2 Å². The molecule has 12 N–H and O–H groups in total. The Morgan fingerprint density at radius 3 is 1.14 bits per heavy atom. The van der Waals surface area contributed by atoms with E-state index in [1.165, 1.54) is 4.80 Å². The summed E-state index contributed by atoms with van der Waals surface area (Å²) >= 11 is 3.25. The standard InChI is InChI=1S/C17H15FN2O2.C14H14FN3O.2C14H15FN2OS.2C13H15FN4O/c18-9-12(10-19)11-21-14-7-5-13(6-8-14)17-20-15-3-1-2-4-16(15)22-17;15-8-11(9-16)10-19-13-4-2-12(3-5-13)14-17-6-1-7-18-14;1-10-17-8-14(19-10)12-2-4-13(5-3-12)18-9-11(6-15)7-16;1-10-9-19-14(17-10)12-2-4-13(5-3-12)18-8-11(6-15)7-16;1-18-16-8-13(17-18)11-2-4-12(5-3-11)19-9-10(6-14)7-15;1-18-9-16-13(17-18)11-2-4-12(5-3-11)19-8-10(6-14)7-15/h1-9H,10-11,19H2;1-8H,9-10,16H2;2-6,8H,7,9,16H2,1H3;2-6,9H,7-8,16H2,1H3;2-6,8H,7,9,15H2,1H3;2-6,9H,7-8,15H2,1H3/b12-9+;11-8+;2*11-6+;2*10-6+. The Bertz CT molecular complexity index is 4830. The molecule has 32 heteroatoms. The molecule has 610 valence electrons. The van der Waals surface area contributed by atoms with E-state index in [0.29, 0.717) is 123 Å². The van der Waals surface area contributed by atoms with Crippen LogP contribution in [0.4, 0.5) is 26.3 Å². The van der Waals surface area contributed by atoms with E-state index in [9.17, 15) is 26.3 Å². The van der Waals surface area contributed by atoms with Crippen LogP contribution in [-0.2, 0) is 14.1 Å². The van der Waals surface area contributed by atoms with Gasteiger partial charge >= 0.3 is 0 Å². The molecule has 24 nitrogen and oxygen atoms in total. The molecule has 0 fully saturated rings. The van der Waals surface area contributed by atoms with Gasteiger partial charge in [-0.3, -0.25) is 4.68 Å². The molecule has 0 saturated heterocycles. The molecule has 0 amide bonds. The Morgan fingerprint density at radius 2 is 0.795 bits per heavy atom. The van der Waals surface area contributed by atoms with Gasteiger partial charge in [-0.25, -0.2) is 56.2 Å². The second-order valence-electron chi connectivity index (χ2n) is 24.8. The largest absolute Gasteiger partial charge is 0.489 e. The summed E-state index contributed by atoms with van der Waals surface area (Å²) in [6.45, 7) is 5.76. The second-order valence-corrected chi connectivity index (χ2v) is 26.9. The lowest BCUT2D eigenvalue weighted by molar-refractivity contribution is 0.347. The van der Waals surface area contributed by atoms with Crippen LogP contribution < -0.4 is 62.8 Å². The summed E-state index contributed by atoms with van der Waals surface area (Å²) in [4.78, 5) is 28.1. The Morgan fingerprint density at radius 1 is 0.410 bits per heavy atom. The van der Waals surface area contributed by atoms with E-state index < -0.39 is 0 Å². The van der Waals surface area contributed by atoms with Crippen molar-refractivity contribution >= 4 is 33.8 Å². The molecule has 0 aliphatic carbocycles. The Kier molecular flexibility index (Phi) is 37.7. The fourth-order valence-corrected chi connectivity index (χ4v) is 11.1. The van der Waals surface area contributed by atoms with E-state index in [-0.39, 0.29) is 78.9 Å². The van der Waals surface area contributed by atoms with Crippen LogP contribution in [-0.4, -0.2) is 134 Å². The number of fused-ring (bicyclic) bond motifs is 1. The molecule has 13 aromatic rings. The van der Waals surface area contributed by atoms with Gasteiger partial charge in [-0.05, 0) is 183 Å². The molecule has 0 atom stereocenters. The third-order valence-electron chi connectivity index (χ3n) is 16.1. The summed E-state index contributed by atoms with van der Waals surface area (Å²) in [5, 5.41) is 16.4. The first-order chi connectivity index (χ1) is 57.0. The molecule has 0 spiro atoms. The molecule has 0 unspecified atom stereocenters. The molecular formula is C85H89F6N17O7S2. The van der Waals surface area contributed by atoms with Crippen molar-refractivity contribution in [2.75, 3.05) is 78.9 Å². The van der Waals surface area contributed by atoms with Crippen molar-refractivity contribution in [2.45, 2.75) is 13.8 Å². The number of nitrogens with two attached hydrogens (primary N) is 6. The van der Waals surface area contributed by atoms with E-state index >= 15 is 0 Å². The molecule has 13 rings (SSSR count). The number of hydrogen-bond donors (Lipinski definition) is 6. The predicted octanol–water partition coefficient (Wildman–Crippen LogP) is 16.0. The third-order valence-corrected chi connectivity index (χ3v) is 18.0. The number of oxazole rings is 1. The average molecular weight is 1640 g/mol. The van der Waals surface area contributed by atoms with Crippen LogP contribution in [0.15, 0.2) is 288 Å². The fraction of sp³-hybridized carbons (Fsp3) is 0.188. The molecule has 0 radical (unpaired) electrons. The van der Waals surface area contributed by atoms with Crippen molar-refractivity contribution in [1.29, 1.82) is 0 Å². The highest BCUT2D eigenvalue weighted by atomic mass is 32.1. The SMILES string of the molecule is Cc1csc(-c2ccc(OC/C(=C/F)CN)cc2)n1.Cc1ncc(-c2ccc(OC/C(=C/F)CN)cc2)s1.Cn1cnc(-c2ccc(OC/C(=C/F)CN)cc2)n1.Cn1ncc(-c2ccc(OC/C(=C/F)CN)cc2)n1.NC/C(=C\F)COc1ccc(-c2nc3ccccc3o2)cc1.NC/C(=C\F)COc1ccc(-c2ncccn2)cc1. The van der Waals surface area contributed by atoms with E-state index in [1.807, 2.05) is 154 Å². The summed E-state index contributed by atoms with van der Waals surface area (Å²) in [7, 11) is 3.57. The minimum absolute atomic E-state index is 0.134. The predicted molar refractivity (Wildman–Crippen MR) is 447 cm³/mol. The van der Waals surface area contributed by atoms with Crippen LogP contribution in [0.1, 0.15) is 10.7 Å². The maximum absolute atomic E-state index is 12.4.